The molecule has 0 fully saturated rings. The Morgan fingerprint density at radius 3 is 0.952 bits per heavy atom. The molecule has 4 unspecified atom stereocenters. The number of carbonyl (C=O) groups is 4. The van der Waals surface area contributed by atoms with Crippen molar-refractivity contribution in [2.75, 3.05) is 26.2 Å². The molecule has 0 bridgehead atoms. The molecule has 4 aromatic rings. The van der Waals surface area contributed by atoms with Gasteiger partial charge in [-0.05, 0) is 99.6 Å². The number of nitrogens with zero attached hydrogens (tertiary/aromatic N) is 8. The van der Waals surface area contributed by atoms with Gasteiger partial charge in [-0.15, -0.1) is 10.2 Å². The second-order valence-corrected chi connectivity index (χ2v) is 21.9. The summed E-state index contributed by atoms with van der Waals surface area (Å²) in [4.78, 5) is 82.8. The number of azo groups is 2. The van der Waals surface area contributed by atoms with E-state index in [9.17, 15) is 49.5 Å². The Hall–Kier alpha value is -8.00. The number of nitrogens with one attached hydrogen (secondary N) is 4. The Balaban J connectivity index is 1.78. The second kappa shape index (κ2) is 35.2. The number of benzene rings is 2. The number of nitriles is 2. The van der Waals surface area contributed by atoms with Crippen molar-refractivity contribution >= 4 is 46.4 Å². The number of aromatic nitrogens is 2. The summed E-state index contributed by atoms with van der Waals surface area (Å²) in [5, 5.41) is 73.4. The molecule has 20 nitrogen and oxygen atoms in total. The Bertz CT molecular complexity index is 2860. The van der Waals surface area contributed by atoms with Gasteiger partial charge < -0.3 is 31.5 Å². The Morgan fingerprint density at radius 2 is 0.726 bits per heavy atom. The van der Waals surface area contributed by atoms with Gasteiger partial charge in [-0.3, -0.25) is 37.9 Å². The molecule has 4 rings (SSSR count). The highest BCUT2D eigenvalue weighted by Gasteiger charge is 2.25. The maximum Gasteiger partial charge on any atom is 0.271 e. The zero-order chi connectivity index (χ0) is 61.9. The van der Waals surface area contributed by atoms with Gasteiger partial charge in [0.05, 0.1) is 11.4 Å². The normalized spacial score (nSPS) is 12.8. The molecule has 4 amide bonds. The third-order valence-corrected chi connectivity index (χ3v) is 15.9. The van der Waals surface area contributed by atoms with E-state index >= 15 is 0 Å². The van der Waals surface area contributed by atoms with Crippen LogP contribution in [-0.4, -0.2) is 69.2 Å². The van der Waals surface area contributed by atoms with Crippen LogP contribution in [0.15, 0.2) is 66.4 Å². The number of hydrogen-bond acceptors (Lipinski definition) is 14. The number of amides is 4. The van der Waals surface area contributed by atoms with Gasteiger partial charge in [0, 0.05) is 72.6 Å². The number of unbranched alkanes of at least 4 members (excludes halogenated alkanes) is 4. The van der Waals surface area contributed by atoms with E-state index in [0.717, 1.165) is 112 Å². The minimum atomic E-state index is -0.959. The van der Waals surface area contributed by atoms with Gasteiger partial charge in [0.2, 0.25) is 11.8 Å². The van der Waals surface area contributed by atoms with Crippen LogP contribution in [0.5, 0.6) is 11.8 Å². The van der Waals surface area contributed by atoms with Gasteiger partial charge in [-0.2, -0.15) is 20.8 Å². The first-order valence-corrected chi connectivity index (χ1v) is 30.4. The molecule has 0 spiro atoms. The van der Waals surface area contributed by atoms with Crippen LogP contribution in [-0.2, 0) is 13.1 Å². The summed E-state index contributed by atoms with van der Waals surface area (Å²) in [5.41, 5.74) is -2.77. The summed E-state index contributed by atoms with van der Waals surface area (Å²) in [7, 11) is 0. The zero-order valence-corrected chi connectivity index (χ0v) is 51.3. The molecule has 0 saturated heterocycles. The number of pyridine rings is 2. The second-order valence-electron chi connectivity index (χ2n) is 21.9. The number of hydrogen-bond donors (Lipinski definition) is 6. The molecule has 0 aliphatic rings. The standard InChI is InChI=1S/C64H90N12O8/c1-11-19-23-43(15-5)37-67-57(77)47-29-48(58(78)68-38-44(16-6)24-20-12-2)32-51(31-47)71-73-55-41(9)53(35-65)61(81)75(63(55)83)27-28-76-62(82)54(36-66)42(10)56(64(76)84)74-72-52-33-49(59(79)69-39-45(17-7)25-21-13-3)30-50(34-52)60(80)70-40-46(18-8)26-22-14-4/h29-34,43-46,83-84H,11-28,37-40H2,1-10H3,(H,67,77)(H,68,78)(H,69,79)(H,70,80)/b73-71+,74-72+. The smallest absolute Gasteiger partial charge is 0.271 e. The summed E-state index contributed by atoms with van der Waals surface area (Å²) in [6.45, 7) is 20.1. The van der Waals surface area contributed by atoms with Crippen molar-refractivity contribution in [2.45, 2.75) is 185 Å². The van der Waals surface area contributed by atoms with Crippen LogP contribution in [0.4, 0.5) is 22.7 Å². The van der Waals surface area contributed by atoms with Crippen LogP contribution in [0.3, 0.4) is 0 Å². The molecule has 0 radical (unpaired) electrons. The molecule has 4 atom stereocenters. The van der Waals surface area contributed by atoms with E-state index in [1.165, 1.54) is 50.2 Å². The minimum Gasteiger partial charge on any atom is -0.493 e. The van der Waals surface area contributed by atoms with E-state index < -0.39 is 70.7 Å². The SMILES string of the molecule is CCCCC(CC)CNC(=O)c1cc(/N=N/c2c(C)c(C#N)c(=O)n(CCn3c(O)c(/N=N/c4cc(C(=O)NCC(CC)CCCC)cc(C(=O)NCC(CC)CCCC)c4)c(C)c(C#N)c3=O)c2O)cc(C(=O)NCC(CC)CCCC)c1. The quantitative estimate of drug-likeness (QED) is 0.0237. The highest BCUT2D eigenvalue weighted by molar-refractivity contribution is 6.02. The van der Waals surface area contributed by atoms with Crippen LogP contribution < -0.4 is 32.4 Å². The molecular weight excluding hydrogens is 1060 g/mol. The van der Waals surface area contributed by atoms with Crippen molar-refractivity contribution in [3.63, 3.8) is 0 Å². The van der Waals surface area contributed by atoms with E-state index in [0.29, 0.717) is 26.2 Å². The number of aromatic hydroxyl groups is 2. The van der Waals surface area contributed by atoms with Crippen LogP contribution in [0.2, 0.25) is 0 Å². The first-order valence-electron chi connectivity index (χ1n) is 30.4. The lowest BCUT2D eigenvalue weighted by Gasteiger charge is -2.17. The molecule has 6 N–H and O–H groups in total. The molecular formula is C64H90N12O8. The molecule has 0 aliphatic carbocycles. The fourth-order valence-electron chi connectivity index (χ4n) is 9.94. The molecule has 20 heteroatoms. The average Bonchev–Trinajstić information content (AvgIpc) is 3.08. The van der Waals surface area contributed by atoms with Crippen molar-refractivity contribution in [2.24, 2.45) is 44.1 Å². The average molecular weight is 1160 g/mol. The van der Waals surface area contributed by atoms with Crippen LogP contribution in [0, 0.1) is 60.2 Å². The third-order valence-electron chi connectivity index (χ3n) is 15.9. The predicted molar refractivity (Wildman–Crippen MR) is 327 cm³/mol. The van der Waals surface area contributed by atoms with E-state index in [4.69, 9.17) is 0 Å². The minimum absolute atomic E-state index is 0.0384. The van der Waals surface area contributed by atoms with Crippen molar-refractivity contribution < 1.29 is 29.4 Å². The number of carbonyl (C=O) groups excluding carboxylic acids is 4. The van der Waals surface area contributed by atoms with Crippen molar-refractivity contribution in [1.82, 2.24) is 30.4 Å². The lowest BCUT2D eigenvalue weighted by molar-refractivity contribution is 0.0930. The molecule has 454 valence electrons. The first kappa shape index (κ1) is 68.5. The maximum atomic E-state index is 13.9. The largest absolute Gasteiger partial charge is 0.493 e. The summed E-state index contributed by atoms with van der Waals surface area (Å²) in [6, 6.07) is 12.5. The highest BCUT2D eigenvalue weighted by Crippen LogP contribution is 2.35. The predicted octanol–water partition coefficient (Wildman–Crippen LogP) is 13.1. The fraction of sp³-hybridized carbons (Fsp3) is 0.562. The van der Waals surface area contributed by atoms with Crippen LogP contribution >= 0.6 is 0 Å². The van der Waals surface area contributed by atoms with E-state index in [2.05, 4.69) is 97.1 Å². The van der Waals surface area contributed by atoms with Gasteiger partial charge >= 0.3 is 0 Å². The Labute approximate surface area is 495 Å². The van der Waals surface area contributed by atoms with Gasteiger partial charge in [0.25, 0.3) is 34.7 Å². The van der Waals surface area contributed by atoms with Gasteiger partial charge in [0.15, 0.2) is 11.4 Å². The van der Waals surface area contributed by atoms with Gasteiger partial charge in [-0.1, -0.05) is 132 Å². The lowest BCUT2D eigenvalue weighted by atomic mass is 9.99. The topological polar surface area (TPSA) is 298 Å². The monoisotopic (exact) mass is 1150 g/mol. The lowest BCUT2D eigenvalue weighted by Crippen LogP contribution is -2.31. The fourth-order valence-corrected chi connectivity index (χ4v) is 9.94. The van der Waals surface area contributed by atoms with E-state index in [1.807, 2.05) is 12.1 Å². The molecule has 0 saturated carbocycles. The number of rotatable bonds is 35. The van der Waals surface area contributed by atoms with Crippen molar-refractivity contribution in [3.8, 4) is 23.9 Å². The molecule has 2 heterocycles. The third kappa shape index (κ3) is 19.3. The summed E-state index contributed by atoms with van der Waals surface area (Å²) in [5.74, 6) is -2.22. The van der Waals surface area contributed by atoms with Crippen molar-refractivity contribution in [3.05, 3.63) is 102 Å². The van der Waals surface area contributed by atoms with Gasteiger partial charge in [0.1, 0.15) is 23.3 Å². The van der Waals surface area contributed by atoms with Crippen molar-refractivity contribution in [1.29, 1.82) is 10.5 Å². The Morgan fingerprint density at radius 1 is 0.464 bits per heavy atom. The van der Waals surface area contributed by atoms with Gasteiger partial charge in [-0.25, -0.2) is 0 Å². The zero-order valence-electron chi connectivity index (χ0n) is 51.3. The molecule has 0 aliphatic heterocycles. The maximum absolute atomic E-state index is 13.9. The molecule has 2 aromatic carbocycles. The summed E-state index contributed by atoms with van der Waals surface area (Å²) >= 11 is 0. The molecule has 2 aromatic heterocycles. The Kier molecular flexibility index (Phi) is 28.7. The summed E-state index contributed by atoms with van der Waals surface area (Å²) in [6.07, 6.45) is 15.4. The van der Waals surface area contributed by atoms with E-state index in [1.54, 1.807) is 0 Å². The summed E-state index contributed by atoms with van der Waals surface area (Å²) < 4.78 is 1.55. The van der Waals surface area contributed by atoms with Crippen LogP contribution in [0.25, 0.3) is 0 Å². The van der Waals surface area contributed by atoms with Crippen LogP contribution in [0.1, 0.15) is 222 Å². The highest BCUT2D eigenvalue weighted by atomic mass is 16.3. The van der Waals surface area contributed by atoms with E-state index in [-0.39, 0.29) is 79.8 Å². The molecule has 84 heavy (non-hydrogen) atoms. The first-order chi connectivity index (χ1) is 40.4.